The maximum atomic E-state index is 5.77. The van der Waals surface area contributed by atoms with Crippen LogP contribution >= 0.6 is 0 Å². The van der Waals surface area contributed by atoms with Gasteiger partial charge >= 0.3 is 0 Å². The number of nitrogens with zero attached hydrogens (tertiary/aromatic N) is 1. The van der Waals surface area contributed by atoms with Crippen LogP contribution in [0.15, 0.2) is 24.3 Å². The first-order valence-corrected chi connectivity index (χ1v) is 5.24. The quantitative estimate of drug-likeness (QED) is 0.767. The van der Waals surface area contributed by atoms with Crippen molar-refractivity contribution >= 4 is 16.7 Å². The van der Waals surface area contributed by atoms with E-state index in [2.05, 4.69) is 37.0 Å². The molecule has 0 unspecified atom stereocenters. The van der Waals surface area contributed by atoms with Gasteiger partial charge in [0.25, 0.3) is 0 Å². The average molecular weight is 200 g/mol. The van der Waals surface area contributed by atoms with Crippen LogP contribution in [-0.2, 0) is 0 Å². The number of nitrogens with two attached hydrogens (primary N) is 1. The van der Waals surface area contributed by atoms with Crippen molar-refractivity contribution in [2.75, 3.05) is 5.73 Å². The van der Waals surface area contributed by atoms with Crippen LogP contribution in [0.2, 0.25) is 0 Å². The molecule has 1 aromatic carbocycles. The van der Waals surface area contributed by atoms with Crippen LogP contribution < -0.4 is 5.73 Å². The number of nitrogen functional groups attached to an aromatic ring is 1. The maximum Gasteiger partial charge on any atom is 0.127 e. The molecule has 2 N–H and O–H groups in total. The molecule has 0 atom stereocenters. The van der Waals surface area contributed by atoms with E-state index in [0.29, 0.717) is 11.7 Å². The van der Waals surface area contributed by atoms with Gasteiger partial charge in [-0.3, -0.25) is 0 Å². The molecule has 0 spiro atoms. The molecule has 0 bridgehead atoms. The number of rotatable bonds is 1. The fourth-order valence-corrected chi connectivity index (χ4v) is 1.67. The van der Waals surface area contributed by atoms with Gasteiger partial charge in [0.05, 0.1) is 5.52 Å². The number of hydrogen-bond donors (Lipinski definition) is 1. The Labute approximate surface area is 90.1 Å². The SMILES string of the molecule is Cc1cc2cc(C(C)C)ccc2nc1N. The first kappa shape index (κ1) is 9.97. The molecule has 0 saturated carbocycles. The highest BCUT2D eigenvalue weighted by Gasteiger charge is 2.03. The monoisotopic (exact) mass is 200 g/mol. The van der Waals surface area contributed by atoms with Gasteiger partial charge in [-0.1, -0.05) is 19.9 Å². The summed E-state index contributed by atoms with van der Waals surface area (Å²) in [5.74, 6) is 1.17. The Bertz CT molecular complexity index is 501. The lowest BCUT2D eigenvalue weighted by Gasteiger charge is -2.08. The van der Waals surface area contributed by atoms with E-state index in [1.54, 1.807) is 0 Å². The third-order valence-corrected chi connectivity index (χ3v) is 2.74. The first-order valence-electron chi connectivity index (χ1n) is 5.24. The van der Waals surface area contributed by atoms with Crippen molar-refractivity contribution < 1.29 is 0 Å². The van der Waals surface area contributed by atoms with Crippen LogP contribution in [-0.4, -0.2) is 4.98 Å². The summed E-state index contributed by atoms with van der Waals surface area (Å²) < 4.78 is 0. The lowest BCUT2D eigenvalue weighted by molar-refractivity contribution is 0.868. The zero-order valence-electron chi connectivity index (χ0n) is 9.41. The number of aryl methyl sites for hydroxylation is 1. The predicted octanol–water partition coefficient (Wildman–Crippen LogP) is 3.25. The van der Waals surface area contributed by atoms with Gasteiger partial charge in [0, 0.05) is 5.39 Å². The average Bonchev–Trinajstić information content (AvgIpc) is 2.19. The Morgan fingerprint density at radius 1 is 1.20 bits per heavy atom. The lowest BCUT2D eigenvalue weighted by Crippen LogP contribution is -1.95. The van der Waals surface area contributed by atoms with E-state index < -0.39 is 0 Å². The summed E-state index contributed by atoms with van der Waals surface area (Å²) in [4.78, 5) is 4.35. The molecule has 78 valence electrons. The minimum absolute atomic E-state index is 0.548. The Morgan fingerprint density at radius 2 is 1.93 bits per heavy atom. The molecule has 1 aromatic heterocycles. The van der Waals surface area contributed by atoms with Gasteiger partial charge < -0.3 is 5.73 Å². The second-order valence-electron chi connectivity index (χ2n) is 4.30. The molecule has 2 aromatic rings. The number of benzene rings is 1. The number of fused-ring (bicyclic) bond motifs is 1. The normalized spacial score (nSPS) is 11.2. The molecule has 0 fully saturated rings. The summed E-state index contributed by atoms with van der Waals surface area (Å²) >= 11 is 0. The summed E-state index contributed by atoms with van der Waals surface area (Å²) in [7, 11) is 0. The number of pyridine rings is 1. The second kappa shape index (κ2) is 3.54. The highest BCUT2D eigenvalue weighted by molar-refractivity contribution is 5.82. The van der Waals surface area contributed by atoms with Crippen LogP contribution in [0.3, 0.4) is 0 Å². The van der Waals surface area contributed by atoms with Gasteiger partial charge in [0.1, 0.15) is 5.82 Å². The Balaban J connectivity index is 2.66. The molecule has 0 radical (unpaired) electrons. The van der Waals surface area contributed by atoms with Gasteiger partial charge in [-0.05, 0) is 42.2 Å². The predicted molar refractivity (Wildman–Crippen MR) is 65.0 cm³/mol. The van der Waals surface area contributed by atoms with E-state index in [-0.39, 0.29) is 0 Å². The van der Waals surface area contributed by atoms with Gasteiger partial charge in [-0.25, -0.2) is 4.98 Å². The van der Waals surface area contributed by atoms with Crippen LogP contribution in [0.25, 0.3) is 10.9 Å². The molecule has 2 rings (SSSR count). The molecule has 0 saturated heterocycles. The van der Waals surface area contributed by atoms with Gasteiger partial charge in [0.15, 0.2) is 0 Å². The minimum Gasteiger partial charge on any atom is -0.383 e. The molecular weight excluding hydrogens is 184 g/mol. The number of hydrogen-bond acceptors (Lipinski definition) is 2. The standard InChI is InChI=1S/C13H16N2/c1-8(2)10-4-5-12-11(7-10)6-9(3)13(14)15-12/h4-8H,1-3H3,(H2,14,15). The van der Waals surface area contributed by atoms with E-state index in [9.17, 15) is 0 Å². The molecule has 2 heteroatoms. The van der Waals surface area contributed by atoms with E-state index >= 15 is 0 Å². The van der Waals surface area contributed by atoms with Gasteiger partial charge in [-0.15, -0.1) is 0 Å². The molecule has 15 heavy (non-hydrogen) atoms. The van der Waals surface area contributed by atoms with Crippen molar-refractivity contribution in [3.8, 4) is 0 Å². The molecule has 0 aliphatic heterocycles. The second-order valence-corrected chi connectivity index (χ2v) is 4.30. The first-order chi connectivity index (χ1) is 7.08. The summed E-state index contributed by atoms with van der Waals surface area (Å²) in [5, 5.41) is 1.17. The van der Waals surface area contributed by atoms with Crippen molar-refractivity contribution in [2.45, 2.75) is 26.7 Å². The number of anilines is 1. The molecule has 0 aliphatic rings. The van der Waals surface area contributed by atoms with Crippen molar-refractivity contribution in [2.24, 2.45) is 0 Å². The molecule has 0 aliphatic carbocycles. The smallest absolute Gasteiger partial charge is 0.127 e. The van der Waals surface area contributed by atoms with Crippen molar-refractivity contribution in [3.05, 3.63) is 35.4 Å². The molecule has 0 amide bonds. The maximum absolute atomic E-state index is 5.77. The van der Waals surface area contributed by atoms with Gasteiger partial charge in [0.2, 0.25) is 0 Å². The summed E-state index contributed by atoms with van der Waals surface area (Å²) in [6.07, 6.45) is 0. The van der Waals surface area contributed by atoms with E-state index in [1.165, 1.54) is 10.9 Å². The van der Waals surface area contributed by atoms with Crippen LogP contribution in [0.4, 0.5) is 5.82 Å². The molecule has 2 nitrogen and oxygen atoms in total. The zero-order valence-corrected chi connectivity index (χ0v) is 9.41. The third kappa shape index (κ3) is 1.80. The van der Waals surface area contributed by atoms with Crippen LogP contribution in [0.1, 0.15) is 30.9 Å². The van der Waals surface area contributed by atoms with Gasteiger partial charge in [-0.2, -0.15) is 0 Å². The third-order valence-electron chi connectivity index (χ3n) is 2.74. The van der Waals surface area contributed by atoms with E-state index in [0.717, 1.165) is 11.1 Å². The Hall–Kier alpha value is -1.57. The highest BCUT2D eigenvalue weighted by atomic mass is 14.8. The van der Waals surface area contributed by atoms with Crippen LogP contribution in [0, 0.1) is 6.92 Å². The zero-order chi connectivity index (χ0) is 11.0. The molecule has 1 heterocycles. The van der Waals surface area contributed by atoms with E-state index in [4.69, 9.17) is 5.73 Å². The van der Waals surface area contributed by atoms with Crippen molar-refractivity contribution in [1.82, 2.24) is 4.98 Å². The molecular formula is C13H16N2. The van der Waals surface area contributed by atoms with Crippen molar-refractivity contribution in [1.29, 1.82) is 0 Å². The summed E-state index contributed by atoms with van der Waals surface area (Å²) in [5.41, 5.74) is 9.13. The Kier molecular flexibility index (Phi) is 2.35. The fraction of sp³-hybridized carbons (Fsp3) is 0.308. The lowest BCUT2D eigenvalue weighted by atomic mass is 10.0. The Morgan fingerprint density at radius 3 is 2.60 bits per heavy atom. The topological polar surface area (TPSA) is 38.9 Å². The fourth-order valence-electron chi connectivity index (χ4n) is 1.67. The summed E-state index contributed by atoms with van der Waals surface area (Å²) in [6.45, 7) is 6.38. The number of aromatic nitrogens is 1. The van der Waals surface area contributed by atoms with Crippen molar-refractivity contribution in [3.63, 3.8) is 0 Å². The highest BCUT2D eigenvalue weighted by Crippen LogP contribution is 2.22. The van der Waals surface area contributed by atoms with E-state index in [1.807, 2.05) is 13.0 Å². The largest absolute Gasteiger partial charge is 0.383 e. The summed E-state index contributed by atoms with van der Waals surface area (Å²) in [6, 6.07) is 8.46. The van der Waals surface area contributed by atoms with Crippen LogP contribution in [0.5, 0.6) is 0 Å². The minimum atomic E-state index is 0.548.